The molecule has 6 nitrogen and oxygen atoms in total. The van der Waals surface area contributed by atoms with Crippen LogP contribution in [0.15, 0.2) is 46.9 Å². The standard InChI is InChI=1S/C16H16ClN5OS2/c1-10(15(23)19-9-11-5-4-8-24-11)25-16-21-20-14(22(16)18)12-6-2-3-7-13(12)17/h2-8,10H,9,18H2,1H3,(H,19,23)/t10-/m0/s1. The summed E-state index contributed by atoms with van der Waals surface area (Å²) in [5.41, 5.74) is 0.695. The molecule has 3 N–H and O–H groups in total. The number of hydrogen-bond acceptors (Lipinski definition) is 6. The number of hydrogen-bond donors (Lipinski definition) is 2. The Bertz CT molecular complexity index is 865. The molecule has 0 fully saturated rings. The molecule has 1 amide bonds. The summed E-state index contributed by atoms with van der Waals surface area (Å²) in [5, 5.41) is 13.7. The van der Waals surface area contributed by atoms with Crippen molar-refractivity contribution in [2.75, 3.05) is 5.84 Å². The summed E-state index contributed by atoms with van der Waals surface area (Å²) in [6.07, 6.45) is 0. The second kappa shape index (κ2) is 7.90. The molecule has 0 aliphatic heterocycles. The summed E-state index contributed by atoms with van der Waals surface area (Å²) in [6, 6.07) is 11.2. The third-order valence-electron chi connectivity index (χ3n) is 3.45. The number of rotatable bonds is 6. The van der Waals surface area contributed by atoms with E-state index in [0.29, 0.717) is 28.1 Å². The lowest BCUT2D eigenvalue weighted by atomic mass is 10.2. The number of nitrogen functional groups attached to an aromatic ring is 1. The Morgan fingerprint density at radius 3 is 2.88 bits per heavy atom. The number of aromatic nitrogens is 3. The van der Waals surface area contributed by atoms with E-state index in [1.165, 1.54) is 16.4 Å². The van der Waals surface area contributed by atoms with Crippen LogP contribution < -0.4 is 11.2 Å². The van der Waals surface area contributed by atoms with E-state index in [1.54, 1.807) is 24.3 Å². The first-order valence-electron chi connectivity index (χ1n) is 7.48. The van der Waals surface area contributed by atoms with Gasteiger partial charge in [-0.1, -0.05) is 41.6 Å². The van der Waals surface area contributed by atoms with Crippen LogP contribution in [0.3, 0.4) is 0 Å². The number of amides is 1. The van der Waals surface area contributed by atoms with Gasteiger partial charge < -0.3 is 11.2 Å². The molecular weight excluding hydrogens is 378 g/mol. The first-order chi connectivity index (χ1) is 12.1. The Morgan fingerprint density at radius 2 is 2.16 bits per heavy atom. The SMILES string of the molecule is C[C@H](Sc1nnc(-c2ccccc2Cl)n1N)C(=O)NCc1cccs1. The number of carbonyl (C=O) groups is 1. The molecule has 0 saturated carbocycles. The first kappa shape index (κ1) is 17.8. The van der Waals surface area contributed by atoms with Gasteiger partial charge in [0.05, 0.1) is 16.8 Å². The maximum absolute atomic E-state index is 12.2. The van der Waals surface area contributed by atoms with Crippen LogP contribution in [-0.4, -0.2) is 26.0 Å². The summed E-state index contributed by atoms with van der Waals surface area (Å²) in [4.78, 5) is 13.3. The van der Waals surface area contributed by atoms with Crippen LogP contribution in [0.4, 0.5) is 0 Å². The van der Waals surface area contributed by atoms with Gasteiger partial charge in [-0.3, -0.25) is 4.79 Å². The lowest BCUT2D eigenvalue weighted by molar-refractivity contribution is -0.120. The second-order valence-electron chi connectivity index (χ2n) is 5.21. The molecule has 0 spiro atoms. The molecule has 9 heteroatoms. The Hall–Kier alpha value is -2.03. The number of benzene rings is 1. The summed E-state index contributed by atoms with van der Waals surface area (Å²) in [7, 11) is 0. The van der Waals surface area contributed by atoms with E-state index in [2.05, 4.69) is 15.5 Å². The Labute approximate surface area is 158 Å². The lowest BCUT2D eigenvalue weighted by Gasteiger charge is -2.11. The van der Waals surface area contributed by atoms with Gasteiger partial charge in [0.2, 0.25) is 11.1 Å². The molecule has 0 saturated heterocycles. The molecule has 0 bridgehead atoms. The van der Waals surface area contributed by atoms with E-state index in [0.717, 1.165) is 4.88 Å². The predicted molar refractivity (Wildman–Crippen MR) is 102 cm³/mol. The third kappa shape index (κ3) is 4.15. The summed E-state index contributed by atoms with van der Waals surface area (Å²) in [6.45, 7) is 2.32. The van der Waals surface area contributed by atoms with Crippen molar-refractivity contribution < 1.29 is 4.79 Å². The highest BCUT2D eigenvalue weighted by molar-refractivity contribution is 8.00. The number of halogens is 1. The zero-order valence-electron chi connectivity index (χ0n) is 13.3. The van der Waals surface area contributed by atoms with Crippen LogP contribution in [0, 0.1) is 0 Å². The van der Waals surface area contributed by atoms with E-state index in [-0.39, 0.29) is 11.2 Å². The van der Waals surface area contributed by atoms with E-state index < -0.39 is 0 Å². The third-order valence-corrected chi connectivity index (χ3v) is 5.71. The minimum Gasteiger partial charge on any atom is -0.350 e. The van der Waals surface area contributed by atoms with Crippen molar-refractivity contribution in [3.63, 3.8) is 0 Å². The van der Waals surface area contributed by atoms with Gasteiger partial charge in [0.1, 0.15) is 0 Å². The molecule has 1 aromatic carbocycles. The van der Waals surface area contributed by atoms with Gasteiger partial charge in [-0.05, 0) is 30.5 Å². The monoisotopic (exact) mass is 393 g/mol. The van der Waals surface area contributed by atoms with E-state index in [9.17, 15) is 4.79 Å². The van der Waals surface area contributed by atoms with Gasteiger partial charge in [-0.25, -0.2) is 4.68 Å². The fourth-order valence-electron chi connectivity index (χ4n) is 2.13. The minimum absolute atomic E-state index is 0.0827. The normalized spacial score (nSPS) is 12.1. The maximum Gasteiger partial charge on any atom is 0.233 e. The molecular formula is C16H16ClN5OS2. The molecule has 1 atom stereocenters. The van der Waals surface area contributed by atoms with Crippen LogP contribution in [0.1, 0.15) is 11.8 Å². The van der Waals surface area contributed by atoms with Gasteiger partial charge in [-0.2, -0.15) is 0 Å². The summed E-state index contributed by atoms with van der Waals surface area (Å²) < 4.78 is 1.36. The highest BCUT2D eigenvalue weighted by atomic mass is 35.5. The van der Waals surface area contributed by atoms with Crippen molar-refractivity contribution in [2.45, 2.75) is 23.9 Å². The summed E-state index contributed by atoms with van der Waals surface area (Å²) in [5.74, 6) is 6.46. The van der Waals surface area contributed by atoms with Crippen molar-refractivity contribution in [1.82, 2.24) is 20.2 Å². The van der Waals surface area contributed by atoms with Crippen LogP contribution in [0.25, 0.3) is 11.4 Å². The fourth-order valence-corrected chi connectivity index (χ4v) is 3.79. The van der Waals surface area contributed by atoms with Crippen LogP contribution in [0.2, 0.25) is 5.02 Å². The van der Waals surface area contributed by atoms with Gasteiger partial charge >= 0.3 is 0 Å². The second-order valence-corrected chi connectivity index (χ2v) is 7.96. The molecule has 3 aromatic rings. The Balaban J connectivity index is 1.67. The number of nitrogens with two attached hydrogens (primary N) is 1. The first-order valence-corrected chi connectivity index (χ1v) is 9.62. The van der Waals surface area contributed by atoms with Gasteiger partial charge in [0.15, 0.2) is 5.82 Å². The number of thioether (sulfide) groups is 1. The zero-order valence-corrected chi connectivity index (χ0v) is 15.7. The van der Waals surface area contributed by atoms with Crippen molar-refractivity contribution in [1.29, 1.82) is 0 Å². The summed E-state index contributed by atoms with van der Waals surface area (Å²) >= 11 is 9.03. The average Bonchev–Trinajstić information content (AvgIpc) is 3.24. The van der Waals surface area contributed by atoms with Crippen molar-refractivity contribution in [3.05, 3.63) is 51.7 Å². The van der Waals surface area contributed by atoms with Gasteiger partial charge in [-0.15, -0.1) is 21.5 Å². The molecule has 0 aliphatic rings. The fraction of sp³-hybridized carbons (Fsp3) is 0.188. The predicted octanol–water partition coefficient (Wildman–Crippen LogP) is 3.17. The van der Waals surface area contributed by atoms with Crippen molar-refractivity contribution in [2.24, 2.45) is 0 Å². The average molecular weight is 394 g/mol. The van der Waals surface area contributed by atoms with E-state index in [1.807, 2.05) is 35.7 Å². The molecule has 3 rings (SSSR count). The Kier molecular flexibility index (Phi) is 5.62. The Morgan fingerprint density at radius 1 is 1.36 bits per heavy atom. The number of carbonyl (C=O) groups excluding carboxylic acids is 1. The molecule has 2 aromatic heterocycles. The van der Waals surface area contributed by atoms with Crippen LogP contribution in [-0.2, 0) is 11.3 Å². The van der Waals surface area contributed by atoms with Crippen molar-refractivity contribution >= 4 is 40.6 Å². The van der Waals surface area contributed by atoms with Gasteiger partial charge in [0, 0.05) is 10.4 Å². The topological polar surface area (TPSA) is 85.8 Å². The highest BCUT2D eigenvalue weighted by Crippen LogP contribution is 2.28. The van der Waals surface area contributed by atoms with Gasteiger partial charge in [0.25, 0.3) is 0 Å². The lowest BCUT2D eigenvalue weighted by Crippen LogP contribution is -2.30. The van der Waals surface area contributed by atoms with Crippen molar-refractivity contribution in [3.8, 4) is 11.4 Å². The molecule has 130 valence electrons. The molecule has 0 unspecified atom stereocenters. The van der Waals surface area contributed by atoms with Crippen LogP contribution in [0.5, 0.6) is 0 Å². The minimum atomic E-state index is -0.356. The number of nitrogens with one attached hydrogen (secondary N) is 1. The smallest absolute Gasteiger partial charge is 0.233 e. The molecule has 0 radical (unpaired) electrons. The number of nitrogens with zero attached hydrogens (tertiary/aromatic N) is 3. The highest BCUT2D eigenvalue weighted by Gasteiger charge is 2.20. The largest absolute Gasteiger partial charge is 0.350 e. The zero-order chi connectivity index (χ0) is 17.8. The van der Waals surface area contributed by atoms with E-state index in [4.69, 9.17) is 17.4 Å². The van der Waals surface area contributed by atoms with E-state index >= 15 is 0 Å². The quantitative estimate of drug-likeness (QED) is 0.496. The number of thiophene rings is 1. The molecule has 25 heavy (non-hydrogen) atoms. The molecule has 2 heterocycles. The molecule has 0 aliphatic carbocycles. The maximum atomic E-state index is 12.2. The van der Waals surface area contributed by atoms with Crippen LogP contribution >= 0.6 is 34.7 Å².